The van der Waals surface area contributed by atoms with Crippen molar-refractivity contribution in [3.8, 4) is 0 Å². The van der Waals surface area contributed by atoms with Crippen molar-refractivity contribution in [2.24, 2.45) is 5.92 Å². The lowest BCUT2D eigenvalue weighted by atomic mass is 9.85. The summed E-state index contributed by atoms with van der Waals surface area (Å²) in [6.45, 7) is 5.60. The maximum Gasteiger partial charge on any atom is 0.180 e. The molecule has 0 saturated heterocycles. The standard InChI is InChI=1S/C11H19N3S.ClH/c1-2-14(7-9-4-3-5-9)8-10-6-13-11(12)15-10;/h6,9H,2-5,7-8H2,1H3,(H2,12,13);1H. The van der Waals surface area contributed by atoms with Crippen LogP contribution in [-0.4, -0.2) is 23.0 Å². The molecule has 0 radical (unpaired) electrons. The number of nitrogens with zero attached hydrogens (tertiary/aromatic N) is 2. The Bertz CT molecular complexity index is 312. The van der Waals surface area contributed by atoms with Gasteiger partial charge in [-0.3, -0.25) is 4.90 Å². The maximum atomic E-state index is 5.62. The first-order valence-electron chi connectivity index (χ1n) is 5.70. The van der Waals surface area contributed by atoms with Crippen molar-refractivity contribution >= 4 is 28.9 Å². The maximum absolute atomic E-state index is 5.62. The lowest BCUT2D eigenvalue weighted by molar-refractivity contribution is 0.179. The van der Waals surface area contributed by atoms with Crippen LogP contribution >= 0.6 is 23.7 Å². The van der Waals surface area contributed by atoms with Gasteiger partial charge in [-0.1, -0.05) is 13.3 Å². The predicted molar refractivity (Wildman–Crippen MR) is 72.1 cm³/mol. The van der Waals surface area contributed by atoms with Crippen molar-refractivity contribution < 1.29 is 0 Å². The highest BCUT2D eigenvalue weighted by molar-refractivity contribution is 7.15. The summed E-state index contributed by atoms with van der Waals surface area (Å²) >= 11 is 1.61. The van der Waals surface area contributed by atoms with Gasteiger partial charge in [0.2, 0.25) is 0 Å². The average molecular weight is 262 g/mol. The molecule has 5 heteroatoms. The van der Waals surface area contributed by atoms with Gasteiger partial charge in [0.15, 0.2) is 5.13 Å². The third kappa shape index (κ3) is 3.61. The van der Waals surface area contributed by atoms with E-state index in [0.717, 1.165) is 19.0 Å². The molecule has 2 rings (SSSR count). The lowest BCUT2D eigenvalue weighted by Crippen LogP contribution is -2.31. The van der Waals surface area contributed by atoms with Gasteiger partial charge in [-0.05, 0) is 25.3 Å². The number of anilines is 1. The Labute approximate surface area is 107 Å². The minimum absolute atomic E-state index is 0. The molecule has 0 aromatic carbocycles. The van der Waals surface area contributed by atoms with Crippen molar-refractivity contribution in [3.05, 3.63) is 11.1 Å². The van der Waals surface area contributed by atoms with Crippen molar-refractivity contribution in [1.29, 1.82) is 0 Å². The van der Waals surface area contributed by atoms with Crippen LogP contribution in [-0.2, 0) is 6.54 Å². The summed E-state index contributed by atoms with van der Waals surface area (Å²) in [6.07, 6.45) is 6.17. The van der Waals surface area contributed by atoms with Gasteiger partial charge in [0.1, 0.15) is 0 Å². The van der Waals surface area contributed by atoms with Gasteiger partial charge in [0.05, 0.1) is 0 Å². The molecule has 1 aromatic rings. The van der Waals surface area contributed by atoms with E-state index in [2.05, 4.69) is 16.8 Å². The summed E-state index contributed by atoms with van der Waals surface area (Å²) in [4.78, 5) is 7.87. The minimum Gasteiger partial charge on any atom is -0.375 e. The van der Waals surface area contributed by atoms with Gasteiger partial charge in [0.25, 0.3) is 0 Å². The van der Waals surface area contributed by atoms with E-state index in [0.29, 0.717) is 5.13 Å². The number of thiazole rings is 1. The van der Waals surface area contributed by atoms with E-state index >= 15 is 0 Å². The summed E-state index contributed by atoms with van der Waals surface area (Å²) in [5.41, 5.74) is 5.62. The number of nitrogen functional groups attached to an aromatic ring is 1. The first kappa shape index (κ1) is 13.7. The Morgan fingerprint density at radius 2 is 2.31 bits per heavy atom. The zero-order chi connectivity index (χ0) is 10.7. The highest BCUT2D eigenvalue weighted by Crippen LogP contribution is 2.28. The van der Waals surface area contributed by atoms with Crippen LogP contribution in [0.15, 0.2) is 6.20 Å². The number of hydrogen-bond acceptors (Lipinski definition) is 4. The van der Waals surface area contributed by atoms with E-state index in [4.69, 9.17) is 5.73 Å². The molecule has 1 aliphatic rings. The second kappa shape index (κ2) is 6.42. The second-order valence-electron chi connectivity index (χ2n) is 4.29. The fourth-order valence-corrected chi connectivity index (χ4v) is 2.69. The lowest BCUT2D eigenvalue weighted by Gasteiger charge is -2.31. The predicted octanol–water partition coefficient (Wildman–Crippen LogP) is 2.77. The summed E-state index contributed by atoms with van der Waals surface area (Å²) in [5, 5.41) is 0.685. The molecule has 0 amide bonds. The average Bonchev–Trinajstić information content (AvgIpc) is 2.55. The normalized spacial score (nSPS) is 15.9. The van der Waals surface area contributed by atoms with Crippen LogP contribution in [0.25, 0.3) is 0 Å². The third-order valence-electron chi connectivity index (χ3n) is 3.14. The fraction of sp³-hybridized carbons (Fsp3) is 0.727. The number of aromatic nitrogens is 1. The largest absolute Gasteiger partial charge is 0.375 e. The van der Waals surface area contributed by atoms with Crippen molar-refractivity contribution in [2.45, 2.75) is 32.7 Å². The molecule has 1 aliphatic carbocycles. The summed E-state index contributed by atoms with van der Waals surface area (Å²) in [5.74, 6) is 0.940. The number of hydrogen-bond donors (Lipinski definition) is 1. The fourth-order valence-electron chi connectivity index (χ4n) is 1.96. The van der Waals surface area contributed by atoms with Crippen LogP contribution in [0, 0.1) is 5.92 Å². The van der Waals surface area contributed by atoms with Crippen molar-refractivity contribution in [2.75, 3.05) is 18.8 Å². The molecular weight excluding hydrogens is 242 g/mol. The van der Waals surface area contributed by atoms with E-state index < -0.39 is 0 Å². The smallest absolute Gasteiger partial charge is 0.180 e. The summed E-state index contributed by atoms with van der Waals surface area (Å²) in [6, 6.07) is 0. The number of rotatable bonds is 5. The van der Waals surface area contributed by atoms with Crippen LogP contribution < -0.4 is 5.73 Å². The topological polar surface area (TPSA) is 42.2 Å². The molecule has 0 atom stereocenters. The van der Waals surface area contributed by atoms with Gasteiger partial charge in [-0.15, -0.1) is 23.7 Å². The summed E-state index contributed by atoms with van der Waals surface area (Å²) < 4.78 is 0. The zero-order valence-corrected chi connectivity index (χ0v) is 11.3. The third-order valence-corrected chi connectivity index (χ3v) is 3.95. The first-order valence-corrected chi connectivity index (χ1v) is 6.52. The van der Waals surface area contributed by atoms with Crippen LogP contribution in [0.2, 0.25) is 0 Å². The van der Waals surface area contributed by atoms with E-state index in [1.165, 1.54) is 30.7 Å². The van der Waals surface area contributed by atoms with E-state index in [1.807, 2.05) is 6.20 Å². The molecule has 0 unspecified atom stereocenters. The summed E-state index contributed by atoms with van der Waals surface area (Å²) in [7, 11) is 0. The molecule has 3 nitrogen and oxygen atoms in total. The first-order chi connectivity index (χ1) is 7.28. The molecule has 1 fully saturated rings. The monoisotopic (exact) mass is 261 g/mol. The Morgan fingerprint density at radius 3 is 2.75 bits per heavy atom. The van der Waals surface area contributed by atoms with Crippen LogP contribution in [0.5, 0.6) is 0 Å². The van der Waals surface area contributed by atoms with Gasteiger partial charge < -0.3 is 5.73 Å². The van der Waals surface area contributed by atoms with Crippen LogP contribution in [0.1, 0.15) is 31.1 Å². The Kier molecular flexibility index (Phi) is 5.52. The SMILES string of the molecule is CCN(Cc1cnc(N)s1)CC1CCC1.Cl. The van der Waals surface area contributed by atoms with Crippen LogP contribution in [0.4, 0.5) is 5.13 Å². The Morgan fingerprint density at radius 1 is 1.56 bits per heavy atom. The van der Waals surface area contributed by atoms with E-state index in [1.54, 1.807) is 11.3 Å². The number of nitrogens with two attached hydrogens (primary N) is 1. The molecule has 16 heavy (non-hydrogen) atoms. The van der Waals surface area contributed by atoms with E-state index in [-0.39, 0.29) is 12.4 Å². The Balaban J connectivity index is 0.00000128. The minimum atomic E-state index is 0. The van der Waals surface area contributed by atoms with Gasteiger partial charge in [0, 0.05) is 24.2 Å². The Hall–Kier alpha value is -0.320. The molecule has 1 heterocycles. The van der Waals surface area contributed by atoms with Gasteiger partial charge >= 0.3 is 0 Å². The van der Waals surface area contributed by atoms with Gasteiger partial charge in [-0.25, -0.2) is 4.98 Å². The molecular formula is C11H20ClN3S. The molecule has 2 N–H and O–H groups in total. The highest BCUT2D eigenvalue weighted by atomic mass is 35.5. The van der Waals surface area contributed by atoms with Crippen molar-refractivity contribution in [3.63, 3.8) is 0 Å². The molecule has 1 saturated carbocycles. The zero-order valence-electron chi connectivity index (χ0n) is 9.69. The quantitative estimate of drug-likeness (QED) is 0.886. The van der Waals surface area contributed by atoms with E-state index in [9.17, 15) is 0 Å². The molecule has 0 bridgehead atoms. The molecule has 0 aliphatic heterocycles. The second-order valence-corrected chi connectivity index (χ2v) is 5.44. The van der Waals surface area contributed by atoms with Gasteiger partial charge in [-0.2, -0.15) is 0 Å². The molecule has 92 valence electrons. The van der Waals surface area contributed by atoms with Crippen molar-refractivity contribution in [1.82, 2.24) is 9.88 Å². The number of halogens is 1. The van der Waals surface area contributed by atoms with Crippen LogP contribution in [0.3, 0.4) is 0 Å². The molecule has 1 aromatic heterocycles. The highest BCUT2D eigenvalue weighted by Gasteiger charge is 2.20. The molecule has 0 spiro atoms.